The number of hydrogen-bond acceptors (Lipinski definition) is 3. The molecule has 4 heteroatoms. The molecule has 0 radical (unpaired) electrons. The van der Waals surface area contributed by atoms with Gasteiger partial charge in [-0.2, -0.15) is 0 Å². The molecule has 1 aromatic heterocycles. The van der Waals surface area contributed by atoms with E-state index in [1.54, 1.807) is 12.4 Å². The summed E-state index contributed by atoms with van der Waals surface area (Å²) in [7, 11) is 0. The number of pyridine rings is 1. The van der Waals surface area contributed by atoms with Crippen molar-refractivity contribution in [1.29, 1.82) is 0 Å². The number of aromatic nitrogens is 1. The Morgan fingerprint density at radius 3 is 2.16 bits per heavy atom. The van der Waals surface area contributed by atoms with Crippen molar-refractivity contribution < 1.29 is 4.79 Å². The highest BCUT2D eigenvalue weighted by Gasteiger charge is 2.33. The third kappa shape index (κ3) is 4.38. The largest absolute Gasteiger partial charge is 0.367 e. The number of amides is 1. The molecule has 0 spiro atoms. The molecule has 2 atom stereocenters. The van der Waals surface area contributed by atoms with E-state index in [-0.39, 0.29) is 18.0 Å². The molecule has 1 aliphatic heterocycles. The summed E-state index contributed by atoms with van der Waals surface area (Å²) >= 11 is 0. The Balaban J connectivity index is 0.00000109. The quantitative estimate of drug-likeness (QED) is 0.824. The molecule has 134 valence electrons. The van der Waals surface area contributed by atoms with Crippen molar-refractivity contribution >= 4 is 11.6 Å². The lowest BCUT2D eigenvalue weighted by molar-refractivity contribution is 0.0574. The summed E-state index contributed by atoms with van der Waals surface area (Å²) in [5.41, 5.74) is 3.15. The molecule has 2 heterocycles. The zero-order chi connectivity index (χ0) is 18.4. The van der Waals surface area contributed by atoms with E-state index < -0.39 is 0 Å². The van der Waals surface area contributed by atoms with Gasteiger partial charge in [0.1, 0.15) is 0 Å². The minimum atomic E-state index is 0.0710. The fraction of sp³-hybridized carbons (Fsp3) is 0.429. The van der Waals surface area contributed by atoms with Gasteiger partial charge in [0.15, 0.2) is 0 Å². The number of aryl methyl sites for hydroxylation is 1. The number of rotatable bonds is 2. The molecule has 0 N–H and O–H groups in total. The van der Waals surface area contributed by atoms with E-state index in [1.807, 2.05) is 30.9 Å². The topological polar surface area (TPSA) is 36.4 Å². The monoisotopic (exact) mass is 339 g/mol. The van der Waals surface area contributed by atoms with E-state index in [0.717, 1.165) is 13.1 Å². The number of benzene rings is 1. The zero-order valence-electron chi connectivity index (χ0n) is 15.9. The Morgan fingerprint density at radius 2 is 1.64 bits per heavy atom. The lowest BCUT2D eigenvalue weighted by atomic mass is 10.0. The van der Waals surface area contributed by atoms with Gasteiger partial charge >= 0.3 is 0 Å². The van der Waals surface area contributed by atoms with E-state index in [0.29, 0.717) is 5.56 Å². The Labute approximate surface area is 151 Å². The van der Waals surface area contributed by atoms with Crippen molar-refractivity contribution in [2.24, 2.45) is 0 Å². The SMILES string of the molecule is CC.Cc1ccc(N2CC(C)N(C(=O)c3cccnc3)C(C)C2)cc1. The first-order valence-electron chi connectivity index (χ1n) is 9.10. The maximum absolute atomic E-state index is 12.8. The molecule has 2 aromatic rings. The van der Waals surface area contributed by atoms with Crippen molar-refractivity contribution in [3.05, 3.63) is 59.9 Å². The second kappa shape index (κ2) is 8.65. The standard InChI is InChI=1S/C19H23N3O.C2H6/c1-14-6-8-18(9-7-14)21-12-15(2)22(16(3)13-21)19(23)17-5-4-10-20-11-17;1-2/h4-11,15-16H,12-13H2,1-3H3;1-2H3. The van der Waals surface area contributed by atoms with Gasteiger partial charge in [-0.1, -0.05) is 31.5 Å². The molecule has 1 aromatic carbocycles. The summed E-state index contributed by atoms with van der Waals surface area (Å²) in [6.45, 7) is 12.0. The predicted octanol–water partition coefficient (Wildman–Crippen LogP) is 4.16. The number of carbonyl (C=O) groups is 1. The molecule has 0 saturated carbocycles. The summed E-state index contributed by atoms with van der Waals surface area (Å²) in [5.74, 6) is 0.0710. The maximum atomic E-state index is 12.8. The molecule has 0 aliphatic carbocycles. The Bertz CT molecular complexity index is 657. The van der Waals surface area contributed by atoms with Gasteiger partial charge < -0.3 is 9.80 Å². The lowest BCUT2D eigenvalue weighted by Gasteiger charge is -2.45. The van der Waals surface area contributed by atoms with Crippen molar-refractivity contribution in [2.75, 3.05) is 18.0 Å². The van der Waals surface area contributed by atoms with E-state index in [9.17, 15) is 4.79 Å². The van der Waals surface area contributed by atoms with Gasteiger partial charge in [0.25, 0.3) is 5.91 Å². The molecule has 2 unspecified atom stereocenters. The molecule has 25 heavy (non-hydrogen) atoms. The molecule has 3 rings (SSSR count). The summed E-state index contributed by atoms with van der Waals surface area (Å²) in [6, 6.07) is 12.6. The van der Waals surface area contributed by atoms with Crippen LogP contribution in [-0.4, -0.2) is 41.0 Å². The maximum Gasteiger partial charge on any atom is 0.256 e. The van der Waals surface area contributed by atoms with Crippen LogP contribution >= 0.6 is 0 Å². The predicted molar refractivity (Wildman–Crippen MR) is 104 cm³/mol. The average molecular weight is 339 g/mol. The first-order valence-corrected chi connectivity index (χ1v) is 9.10. The Hall–Kier alpha value is -2.36. The van der Waals surface area contributed by atoms with Gasteiger partial charge in [-0.15, -0.1) is 0 Å². The smallest absolute Gasteiger partial charge is 0.256 e. The van der Waals surface area contributed by atoms with Crippen molar-refractivity contribution in [2.45, 2.75) is 46.7 Å². The minimum absolute atomic E-state index is 0.0710. The normalized spacial score (nSPS) is 19.9. The van der Waals surface area contributed by atoms with Crippen LogP contribution in [0, 0.1) is 6.92 Å². The van der Waals surface area contributed by atoms with Gasteiger partial charge in [0.05, 0.1) is 5.56 Å². The van der Waals surface area contributed by atoms with Crippen LogP contribution in [0.25, 0.3) is 0 Å². The second-order valence-electron chi connectivity index (χ2n) is 6.39. The number of nitrogens with zero attached hydrogens (tertiary/aromatic N) is 3. The van der Waals surface area contributed by atoms with Crippen LogP contribution in [0.2, 0.25) is 0 Å². The van der Waals surface area contributed by atoms with Crippen molar-refractivity contribution in [1.82, 2.24) is 9.88 Å². The summed E-state index contributed by atoms with van der Waals surface area (Å²) < 4.78 is 0. The molecule has 1 aliphatic rings. The molecule has 4 nitrogen and oxygen atoms in total. The van der Waals surface area contributed by atoms with Gasteiger partial charge in [-0.25, -0.2) is 0 Å². The number of anilines is 1. The average Bonchev–Trinajstić information content (AvgIpc) is 2.64. The first-order chi connectivity index (χ1) is 12.1. The molecule has 1 fully saturated rings. The Kier molecular flexibility index (Phi) is 6.57. The summed E-state index contributed by atoms with van der Waals surface area (Å²) in [4.78, 5) is 21.2. The van der Waals surface area contributed by atoms with Gasteiger partial charge in [-0.05, 0) is 45.0 Å². The number of hydrogen-bond donors (Lipinski definition) is 0. The van der Waals surface area contributed by atoms with E-state index >= 15 is 0 Å². The van der Waals surface area contributed by atoms with Crippen molar-refractivity contribution in [3.63, 3.8) is 0 Å². The Morgan fingerprint density at radius 1 is 1.04 bits per heavy atom. The van der Waals surface area contributed by atoms with Crippen LogP contribution in [0.3, 0.4) is 0 Å². The van der Waals surface area contributed by atoms with Crippen LogP contribution in [0.5, 0.6) is 0 Å². The molecule has 1 amide bonds. The second-order valence-corrected chi connectivity index (χ2v) is 6.39. The molecule has 0 bridgehead atoms. The highest BCUT2D eigenvalue weighted by molar-refractivity contribution is 5.94. The van der Waals surface area contributed by atoms with Gasteiger partial charge in [0, 0.05) is 43.3 Å². The van der Waals surface area contributed by atoms with E-state index in [1.165, 1.54) is 11.3 Å². The fourth-order valence-electron chi connectivity index (χ4n) is 3.33. The van der Waals surface area contributed by atoms with Crippen LogP contribution in [0.4, 0.5) is 5.69 Å². The first kappa shape index (κ1) is 19.0. The van der Waals surface area contributed by atoms with Gasteiger partial charge in [-0.3, -0.25) is 9.78 Å². The summed E-state index contributed by atoms with van der Waals surface area (Å²) in [6.07, 6.45) is 3.34. The van der Waals surface area contributed by atoms with Crippen LogP contribution in [-0.2, 0) is 0 Å². The lowest BCUT2D eigenvalue weighted by Crippen LogP contribution is -2.58. The van der Waals surface area contributed by atoms with E-state index in [2.05, 4.69) is 54.9 Å². The van der Waals surface area contributed by atoms with Gasteiger partial charge in [0.2, 0.25) is 0 Å². The van der Waals surface area contributed by atoms with Crippen LogP contribution in [0.1, 0.15) is 43.6 Å². The zero-order valence-corrected chi connectivity index (χ0v) is 15.9. The van der Waals surface area contributed by atoms with Crippen LogP contribution < -0.4 is 4.90 Å². The third-order valence-corrected chi connectivity index (χ3v) is 4.46. The number of carbonyl (C=O) groups excluding carboxylic acids is 1. The summed E-state index contributed by atoms with van der Waals surface area (Å²) in [5, 5.41) is 0. The highest BCUT2D eigenvalue weighted by Crippen LogP contribution is 2.24. The molecular weight excluding hydrogens is 310 g/mol. The van der Waals surface area contributed by atoms with Crippen LogP contribution in [0.15, 0.2) is 48.8 Å². The fourth-order valence-corrected chi connectivity index (χ4v) is 3.33. The van der Waals surface area contributed by atoms with E-state index in [4.69, 9.17) is 0 Å². The van der Waals surface area contributed by atoms with Crippen molar-refractivity contribution in [3.8, 4) is 0 Å². The highest BCUT2D eigenvalue weighted by atomic mass is 16.2. The molecule has 1 saturated heterocycles. The third-order valence-electron chi connectivity index (χ3n) is 4.46. The number of piperazine rings is 1. The molecular formula is C21H29N3O. The minimum Gasteiger partial charge on any atom is -0.367 e.